The predicted molar refractivity (Wildman–Crippen MR) is 71.3 cm³/mol. The summed E-state index contributed by atoms with van der Waals surface area (Å²) < 4.78 is 2.87. The number of aromatic nitrogens is 2. The van der Waals surface area contributed by atoms with Gasteiger partial charge < -0.3 is 0 Å². The molecule has 2 aromatic heterocycles. The monoisotopic (exact) mass is 288 g/mol. The maximum Gasteiger partial charge on any atom is 0.153 e. The second kappa shape index (κ2) is 4.80. The minimum Gasteiger partial charge on any atom is -0.298 e. The fourth-order valence-electron chi connectivity index (χ4n) is 1.47. The Kier molecular flexibility index (Phi) is 3.56. The van der Waals surface area contributed by atoms with Crippen LogP contribution in [0.1, 0.15) is 30.2 Å². The van der Waals surface area contributed by atoms with Crippen molar-refractivity contribution in [2.75, 3.05) is 0 Å². The first-order chi connectivity index (χ1) is 8.02. The molecule has 0 aromatic carbocycles. The lowest BCUT2D eigenvalue weighted by molar-refractivity contribution is 0.112. The molecule has 0 saturated heterocycles. The van der Waals surface area contributed by atoms with Gasteiger partial charge in [0.2, 0.25) is 0 Å². The second-order valence-corrected chi connectivity index (χ2v) is 6.15. The molecule has 2 rings (SSSR count). The van der Waals surface area contributed by atoms with Crippen LogP contribution in [-0.2, 0) is 0 Å². The molecule has 0 bridgehead atoms. The van der Waals surface area contributed by atoms with Gasteiger partial charge in [-0.05, 0) is 19.9 Å². The molecule has 3 nitrogen and oxygen atoms in total. The normalized spacial score (nSPS) is 11.1. The van der Waals surface area contributed by atoms with Crippen molar-refractivity contribution in [3.8, 4) is 11.3 Å². The van der Waals surface area contributed by atoms with E-state index < -0.39 is 0 Å². The number of nitrogens with zero attached hydrogens (tertiary/aromatic N) is 2. The van der Waals surface area contributed by atoms with Crippen LogP contribution in [0.25, 0.3) is 11.3 Å². The summed E-state index contributed by atoms with van der Waals surface area (Å²) in [4.78, 5) is 11.0. The number of aldehydes is 1. The highest BCUT2D eigenvalue weighted by atomic mass is 35.5. The Bertz CT molecular complexity index is 560. The Hall–Kier alpha value is -0.840. The highest BCUT2D eigenvalue weighted by molar-refractivity contribution is 7.20. The maximum atomic E-state index is 11.0. The van der Waals surface area contributed by atoms with Gasteiger partial charge in [0, 0.05) is 17.8 Å². The molecule has 0 spiro atoms. The van der Waals surface area contributed by atoms with Crippen LogP contribution in [0, 0.1) is 0 Å². The van der Waals surface area contributed by atoms with E-state index in [0.29, 0.717) is 25.5 Å². The van der Waals surface area contributed by atoms with Crippen molar-refractivity contribution in [3.05, 3.63) is 26.5 Å². The lowest BCUT2D eigenvalue weighted by Crippen LogP contribution is -2.00. The number of carbonyl (C=O) groups is 1. The van der Waals surface area contributed by atoms with Crippen LogP contribution in [0.5, 0.6) is 0 Å². The molecule has 2 heterocycles. The van der Waals surface area contributed by atoms with Crippen molar-refractivity contribution in [2.45, 2.75) is 19.9 Å². The van der Waals surface area contributed by atoms with E-state index in [2.05, 4.69) is 5.10 Å². The first-order valence-corrected chi connectivity index (χ1v) is 6.59. The second-order valence-electron chi connectivity index (χ2n) is 3.86. The Labute approximate surface area is 113 Å². The van der Waals surface area contributed by atoms with Crippen LogP contribution < -0.4 is 0 Å². The van der Waals surface area contributed by atoms with E-state index in [4.69, 9.17) is 23.2 Å². The van der Waals surface area contributed by atoms with Crippen molar-refractivity contribution in [3.63, 3.8) is 0 Å². The van der Waals surface area contributed by atoms with E-state index in [1.165, 1.54) is 11.3 Å². The molecule has 0 fully saturated rings. The number of halogens is 2. The standard InChI is InChI=1S/C11H10Cl2N2OS/c1-6(2)15-4-7(5-16)10(14-15)8-3-9(12)17-11(8)13/h3-6H,1-2H3. The lowest BCUT2D eigenvalue weighted by Gasteiger charge is -2.03. The molecule has 2 aromatic rings. The summed E-state index contributed by atoms with van der Waals surface area (Å²) in [5.41, 5.74) is 1.82. The van der Waals surface area contributed by atoms with Crippen LogP contribution in [0.2, 0.25) is 8.67 Å². The van der Waals surface area contributed by atoms with Gasteiger partial charge in [-0.1, -0.05) is 23.2 Å². The van der Waals surface area contributed by atoms with Gasteiger partial charge in [0.25, 0.3) is 0 Å². The summed E-state index contributed by atoms with van der Waals surface area (Å²) in [6, 6.07) is 1.92. The molecule has 0 aliphatic heterocycles. The third kappa shape index (κ3) is 2.39. The van der Waals surface area contributed by atoms with Crippen molar-refractivity contribution < 1.29 is 4.79 Å². The molecule has 0 unspecified atom stereocenters. The largest absolute Gasteiger partial charge is 0.298 e. The third-order valence-electron chi connectivity index (χ3n) is 2.33. The molecular formula is C11H10Cl2N2OS. The summed E-state index contributed by atoms with van der Waals surface area (Å²) in [5, 5.41) is 4.37. The average molecular weight is 289 g/mol. The summed E-state index contributed by atoms with van der Waals surface area (Å²) in [7, 11) is 0. The quantitative estimate of drug-likeness (QED) is 0.789. The predicted octanol–water partition coefficient (Wildman–Crippen LogP) is 4.31. The fraction of sp³-hybridized carbons (Fsp3) is 0.273. The smallest absolute Gasteiger partial charge is 0.153 e. The van der Waals surface area contributed by atoms with E-state index in [1.54, 1.807) is 16.9 Å². The maximum absolute atomic E-state index is 11.0. The van der Waals surface area contributed by atoms with Gasteiger partial charge in [-0.3, -0.25) is 9.48 Å². The van der Waals surface area contributed by atoms with Gasteiger partial charge >= 0.3 is 0 Å². The summed E-state index contributed by atoms with van der Waals surface area (Å²) in [6.07, 6.45) is 2.50. The van der Waals surface area contributed by atoms with E-state index in [1.807, 2.05) is 13.8 Å². The highest BCUT2D eigenvalue weighted by Gasteiger charge is 2.17. The first-order valence-electron chi connectivity index (χ1n) is 5.02. The zero-order valence-electron chi connectivity index (χ0n) is 9.28. The number of carbonyl (C=O) groups excluding carboxylic acids is 1. The Morgan fingerprint density at radius 2 is 2.18 bits per heavy atom. The van der Waals surface area contributed by atoms with Gasteiger partial charge in [0.05, 0.1) is 9.90 Å². The number of hydrogen-bond donors (Lipinski definition) is 0. The molecule has 0 N–H and O–H groups in total. The van der Waals surface area contributed by atoms with Crippen LogP contribution >= 0.6 is 34.5 Å². The highest BCUT2D eigenvalue weighted by Crippen LogP contribution is 2.38. The lowest BCUT2D eigenvalue weighted by atomic mass is 10.2. The zero-order valence-corrected chi connectivity index (χ0v) is 11.6. The molecule has 0 radical (unpaired) electrons. The van der Waals surface area contributed by atoms with Crippen LogP contribution in [0.15, 0.2) is 12.3 Å². The van der Waals surface area contributed by atoms with Crippen molar-refractivity contribution >= 4 is 40.8 Å². The van der Waals surface area contributed by atoms with Gasteiger partial charge in [-0.2, -0.15) is 5.10 Å². The molecule has 6 heteroatoms. The van der Waals surface area contributed by atoms with Crippen molar-refractivity contribution in [1.29, 1.82) is 0 Å². The molecular weight excluding hydrogens is 279 g/mol. The molecule has 0 saturated carbocycles. The molecule has 0 atom stereocenters. The molecule has 17 heavy (non-hydrogen) atoms. The molecule has 0 aliphatic carbocycles. The third-order valence-corrected chi connectivity index (χ3v) is 3.82. The average Bonchev–Trinajstić information content (AvgIpc) is 2.81. The van der Waals surface area contributed by atoms with Gasteiger partial charge in [-0.15, -0.1) is 11.3 Å². The SMILES string of the molecule is CC(C)n1cc(C=O)c(-c2cc(Cl)sc2Cl)n1. The van der Waals surface area contributed by atoms with Crippen molar-refractivity contribution in [2.24, 2.45) is 0 Å². The zero-order chi connectivity index (χ0) is 12.6. The van der Waals surface area contributed by atoms with E-state index in [9.17, 15) is 4.79 Å². The molecule has 0 aliphatic rings. The minimum absolute atomic E-state index is 0.190. The van der Waals surface area contributed by atoms with Crippen molar-refractivity contribution in [1.82, 2.24) is 9.78 Å². The van der Waals surface area contributed by atoms with Gasteiger partial charge in [0.15, 0.2) is 6.29 Å². The number of thiophene rings is 1. The topological polar surface area (TPSA) is 34.9 Å². The Morgan fingerprint density at radius 3 is 2.65 bits per heavy atom. The summed E-state index contributed by atoms with van der Waals surface area (Å²) in [5.74, 6) is 0. The molecule has 0 amide bonds. The van der Waals surface area contributed by atoms with Crippen LogP contribution in [0.4, 0.5) is 0 Å². The fourth-order valence-corrected chi connectivity index (χ4v) is 2.93. The van der Waals surface area contributed by atoms with Crippen LogP contribution in [-0.4, -0.2) is 16.1 Å². The summed E-state index contributed by atoms with van der Waals surface area (Å²) >= 11 is 13.2. The minimum atomic E-state index is 0.190. The Balaban J connectivity index is 2.58. The first kappa shape index (κ1) is 12.6. The number of rotatable bonds is 3. The van der Waals surface area contributed by atoms with Gasteiger partial charge in [-0.25, -0.2) is 0 Å². The number of hydrogen-bond acceptors (Lipinski definition) is 3. The molecule has 90 valence electrons. The van der Waals surface area contributed by atoms with Crippen LogP contribution in [0.3, 0.4) is 0 Å². The summed E-state index contributed by atoms with van der Waals surface area (Å²) in [6.45, 7) is 3.99. The Morgan fingerprint density at radius 1 is 1.47 bits per heavy atom. The van der Waals surface area contributed by atoms with E-state index in [-0.39, 0.29) is 6.04 Å². The van der Waals surface area contributed by atoms with Gasteiger partial charge in [0.1, 0.15) is 10.0 Å². The van der Waals surface area contributed by atoms with E-state index >= 15 is 0 Å². The van der Waals surface area contributed by atoms with E-state index in [0.717, 1.165) is 6.29 Å².